The van der Waals surface area contributed by atoms with Crippen LogP contribution in [0.1, 0.15) is 85.0 Å². The van der Waals surface area contributed by atoms with Gasteiger partial charge in [-0.25, -0.2) is 0 Å². The predicted octanol–water partition coefficient (Wildman–Crippen LogP) is 4.19. The SMILES string of the molecule is CC(=O)[C@H]1CC[C@H]2[C@@H]3CC[C@@H]4C[C@H](OC(=O)CCC(=O)O)CC[C@]4(C)[C@H]3C(=O)C[C@]12C. The molecule has 4 aliphatic rings. The molecule has 6 heteroatoms. The van der Waals surface area contributed by atoms with Crippen LogP contribution in [0.3, 0.4) is 0 Å². The third-order valence-electron chi connectivity index (χ3n) is 9.63. The Morgan fingerprint density at radius 3 is 2.45 bits per heavy atom. The standard InChI is InChI=1S/C25H36O6/c1-14(26)18-6-7-19-17-5-4-15-12-16(31-22(30)9-8-21(28)29)10-11-24(15,2)23(17)20(27)13-25(18,19)3/h15-19,23H,4-13H2,1-3H3,(H,28,29)/t15-,16-,17+,18-,19+,23-,24+,25-/m1/s1. The maximum Gasteiger partial charge on any atom is 0.306 e. The zero-order valence-corrected chi connectivity index (χ0v) is 19.0. The van der Waals surface area contributed by atoms with Crippen molar-refractivity contribution in [1.29, 1.82) is 0 Å². The maximum atomic E-state index is 13.6. The zero-order chi connectivity index (χ0) is 22.6. The quantitative estimate of drug-likeness (QED) is 0.654. The van der Waals surface area contributed by atoms with Crippen LogP contribution in [0.25, 0.3) is 0 Å². The Bertz CT molecular complexity index is 789. The largest absolute Gasteiger partial charge is 0.481 e. The van der Waals surface area contributed by atoms with Gasteiger partial charge in [0.2, 0.25) is 0 Å². The highest BCUT2D eigenvalue weighted by Crippen LogP contribution is 2.66. The normalized spacial score (nSPS) is 44.0. The van der Waals surface area contributed by atoms with Crippen LogP contribution >= 0.6 is 0 Å². The second-order valence-corrected chi connectivity index (χ2v) is 11.2. The summed E-state index contributed by atoms with van der Waals surface area (Å²) in [6.07, 6.45) is 6.45. The first kappa shape index (κ1) is 22.5. The third-order valence-corrected chi connectivity index (χ3v) is 9.63. The molecule has 0 aromatic carbocycles. The van der Waals surface area contributed by atoms with E-state index in [1.165, 1.54) is 0 Å². The summed E-state index contributed by atoms with van der Waals surface area (Å²) in [5.74, 6) is 0.400. The van der Waals surface area contributed by atoms with Gasteiger partial charge in [0.25, 0.3) is 0 Å². The van der Waals surface area contributed by atoms with Gasteiger partial charge < -0.3 is 9.84 Å². The lowest BCUT2D eigenvalue weighted by molar-refractivity contribution is -0.170. The molecule has 0 bridgehead atoms. The summed E-state index contributed by atoms with van der Waals surface area (Å²) in [7, 11) is 0. The smallest absolute Gasteiger partial charge is 0.306 e. The van der Waals surface area contributed by atoms with Gasteiger partial charge in [-0.05, 0) is 80.5 Å². The molecule has 172 valence electrons. The average molecular weight is 433 g/mol. The highest BCUT2D eigenvalue weighted by molar-refractivity contribution is 5.87. The molecule has 4 aliphatic carbocycles. The topological polar surface area (TPSA) is 97.7 Å². The minimum absolute atomic E-state index is 0.0221. The molecule has 4 fully saturated rings. The Balaban J connectivity index is 1.47. The van der Waals surface area contributed by atoms with Crippen molar-refractivity contribution in [2.45, 2.75) is 91.1 Å². The highest BCUT2D eigenvalue weighted by Gasteiger charge is 2.63. The van der Waals surface area contributed by atoms with Crippen molar-refractivity contribution in [3.05, 3.63) is 0 Å². The Hall–Kier alpha value is -1.72. The number of ether oxygens (including phenoxy) is 1. The summed E-state index contributed by atoms with van der Waals surface area (Å²) in [6, 6.07) is 0. The van der Waals surface area contributed by atoms with E-state index in [1.807, 2.05) is 0 Å². The molecule has 0 aliphatic heterocycles. The minimum Gasteiger partial charge on any atom is -0.481 e. The summed E-state index contributed by atoms with van der Waals surface area (Å²) in [5.41, 5.74) is -0.246. The van der Waals surface area contributed by atoms with E-state index in [-0.39, 0.29) is 47.4 Å². The minimum atomic E-state index is -0.992. The monoisotopic (exact) mass is 432 g/mol. The summed E-state index contributed by atoms with van der Waals surface area (Å²) in [4.78, 5) is 48.6. The number of rotatable bonds is 5. The van der Waals surface area contributed by atoms with Gasteiger partial charge in [0, 0.05) is 18.3 Å². The maximum absolute atomic E-state index is 13.6. The van der Waals surface area contributed by atoms with Crippen molar-refractivity contribution in [2.75, 3.05) is 0 Å². The van der Waals surface area contributed by atoms with Crippen molar-refractivity contribution in [1.82, 2.24) is 0 Å². The molecule has 1 N–H and O–H groups in total. The molecule has 0 saturated heterocycles. The second-order valence-electron chi connectivity index (χ2n) is 11.2. The number of carbonyl (C=O) groups is 4. The van der Waals surface area contributed by atoms with E-state index >= 15 is 0 Å². The van der Waals surface area contributed by atoms with E-state index in [0.29, 0.717) is 30.0 Å². The fraction of sp³-hybridized carbons (Fsp3) is 0.840. The first-order chi connectivity index (χ1) is 14.6. The first-order valence-corrected chi connectivity index (χ1v) is 12.0. The predicted molar refractivity (Wildman–Crippen MR) is 113 cm³/mol. The molecule has 6 nitrogen and oxygen atoms in total. The average Bonchev–Trinajstić information content (AvgIpc) is 3.03. The van der Waals surface area contributed by atoms with Crippen LogP contribution < -0.4 is 0 Å². The van der Waals surface area contributed by atoms with Gasteiger partial charge in [0.05, 0.1) is 12.8 Å². The number of carboxylic acid groups (broad SMARTS) is 1. The summed E-state index contributed by atoms with van der Waals surface area (Å²) >= 11 is 0. The highest BCUT2D eigenvalue weighted by atomic mass is 16.5. The van der Waals surface area contributed by atoms with Gasteiger partial charge in [0.1, 0.15) is 17.7 Å². The number of aliphatic carboxylic acids is 1. The van der Waals surface area contributed by atoms with Crippen LogP contribution in [0.4, 0.5) is 0 Å². The van der Waals surface area contributed by atoms with Gasteiger partial charge in [-0.2, -0.15) is 0 Å². The van der Waals surface area contributed by atoms with Crippen molar-refractivity contribution in [3.8, 4) is 0 Å². The number of ketones is 2. The lowest BCUT2D eigenvalue weighted by atomic mass is 9.44. The first-order valence-electron chi connectivity index (χ1n) is 12.0. The van der Waals surface area contributed by atoms with E-state index in [2.05, 4.69) is 13.8 Å². The van der Waals surface area contributed by atoms with Crippen LogP contribution in [0.5, 0.6) is 0 Å². The molecular formula is C25H36O6. The molecule has 8 atom stereocenters. The van der Waals surface area contributed by atoms with Crippen LogP contribution in [-0.2, 0) is 23.9 Å². The molecule has 0 unspecified atom stereocenters. The third kappa shape index (κ3) is 3.74. The van der Waals surface area contributed by atoms with Crippen molar-refractivity contribution >= 4 is 23.5 Å². The van der Waals surface area contributed by atoms with Gasteiger partial charge >= 0.3 is 11.9 Å². The van der Waals surface area contributed by atoms with Gasteiger partial charge in [-0.1, -0.05) is 13.8 Å². The summed E-state index contributed by atoms with van der Waals surface area (Å²) < 4.78 is 5.60. The van der Waals surface area contributed by atoms with E-state index < -0.39 is 11.9 Å². The van der Waals surface area contributed by atoms with E-state index in [0.717, 1.165) is 44.9 Å². The Kier molecular flexibility index (Phi) is 5.80. The van der Waals surface area contributed by atoms with Crippen molar-refractivity contribution in [3.63, 3.8) is 0 Å². The van der Waals surface area contributed by atoms with Gasteiger partial charge in [-0.15, -0.1) is 0 Å². The van der Waals surface area contributed by atoms with Crippen molar-refractivity contribution in [2.24, 2.45) is 40.4 Å². The molecule has 0 heterocycles. The number of esters is 1. The van der Waals surface area contributed by atoms with Crippen LogP contribution in [0, 0.1) is 40.4 Å². The van der Waals surface area contributed by atoms with Crippen LogP contribution in [-0.4, -0.2) is 34.7 Å². The van der Waals surface area contributed by atoms with E-state index in [4.69, 9.17) is 9.84 Å². The number of carbonyl (C=O) groups excluding carboxylic acids is 3. The van der Waals surface area contributed by atoms with Crippen LogP contribution in [0.2, 0.25) is 0 Å². The number of fused-ring (bicyclic) bond motifs is 5. The molecule has 31 heavy (non-hydrogen) atoms. The summed E-state index contributed by atoms with van der Waals surface area (Å²) in [5, 5.41) is 8.76. The fourth-order valence-electron chi connectivity index (χ4n) is 8.26. The van der Waals surface area contributed by atoms with E-state index in [1.54, 1.807) is 6.92 Å². The Morgan fingerprint density at radius 2 is 1.77 bits per heavy atom. The zero-order valence-electron chi connectivity index (χ0n) is 19.0. The van der Waals surface area contributed by atoms with Gasteiger partial charge in [0.15, 0.2) is 0 Å². The molecule has 4 rings (SSSR count). The molecule has 4 saturated carbocycles. The molecule has 0 aromatic heterocycles. The summed E-state index contributed by atoms with van der Waals surface area (Å²) in [6.45, 7) is 6.15. The molecule has 0 radical (unpaired) electrons. The Labute approximate surface area is 184 Å². The lowest BCUT2D eigenvalue weighted by Gasteiger charge is -2.59. The number of hydrogen-bond acceptors (Lipinski definition) is 5. The van der Waals surface area contributed by atoms with E-state index in [9.17, 15) is 19.2 Å². The molecule has 0 aromatic rings. The van der Waals surface area contributed by atoms with Crippen LogP contribution in [0.15, 0.2) is 0 Å². The van der Waals surface area contributed by atoms with Gasteiger partial charge in [-0.3, -0.25) is 19.2 Å². The number of hydrogen-bond donors (Lipinski definition) is 1. The molecular weight excluding hydrogens is 396 g/mol. The Morgan fingerprint density at radius 1 is 1.03 bits per heavy atom. The molecule has 0 amide bonds. The number of Topliss-reactive ketones (excluding diaryl/α,β-unsaturated/α-hetero) is 2. The lowest BCUT2D eigenvalue weighted by Crippen LogP contribution is -2.58. The number of carboxylic acids is 1. The fourth-order valence-corrected chi connectivity index (χ4v) is 8.26. The molecule has 0 spiro atoms. The van der Waals surface area contributed by atoms with Crippen molar-refractivity contribution < 1.29 is 29.0 Å². The second kappa shape index (κ2) is 8.00.